The highest BCUT2D eigenvalue weighted by Crippen LogP contribution is 2.35. The van der Waals surface area contributed by atoms with Crippen molar-refractivity contribution in [1.29, 1.82) is 0 Å². The van der Waals surface area contributed by atoms with E-state index in [1.165, 1.54) is 24.3 Å². The SMILES string of the molecule is O=C(Nc1ccc(O)cc1)C(=S)NN1C(=O)/C(=C\c2cc(I)cc(I)c2O)SC1=S. The van der Waals surface area contributed by atoms with Crippen LogP contribution in [-0.4, -0.2) is 36.3 Å². The second-order valence-corrected chi connectivity index (χ2v) is 10.3. The summed E-state index contributed by atoms with van der Waals surface area (Å²) in [6, 6.07) is 9.40. The first-order valence-electron chi connectivity index (χ1n) is 8.02. The first-order chi connectivity index (χ1) is 14.2. The second-order valence-electron chi connectivity index (χ2n) is 5.78. The number of hydrogen-bond donors (Lipinski definition) is 4. The Balaban J connectivity index is 1.72. The second kappa shape index (κ2) is 9.76. The van der Waals surface area contributed by atoms with Gasteiger partial charge in [0.2, 0.25) is 0 Å². The van der Waals surface area contributed by atoms with E-state index in [-0.39, 0.29) is 25.7 Å². The van der Waals surface area contributed by atoms with Crippen LogP contribution in [0.25, 0.3) is 6.08 Å². The number of benzene rings is 2. The lowest BCUT2D eigenvalue weighted by Gasteiger charge is -2.17. The molecule has 2 aromatic carbocycles. The molecule has 7 nitrogen and oxygen atoms in total. The number of nitrogens with zero attached hydrogens (tertiary/aromatic N) is 1. The number of anilines is 1. The van der Waals surface area contributed by atoms with Gasteiger partial charge in [0.25, 0.3) is 11.8 Å². The third-order valence-corrected chi connectivity index (χ3v) is 6.71. The van der Waals surface area contributed by atoms with E-state index < -0.39 is 11.8 Å². The molecule has 1 aliphatic heterocycles. The van der Waals surface area contributed by atoms with Crippen molar-refractivity contribution in [2.45, 2.75) is 0 Å². The van der Waals surface area contributed by atoms with Crippen LogP contribution in [0.5, 0.6) is 11.5 Å². The maximum atomic E-state index is 12.7. The molecule has 4 N–H and O–H groups in total. The highest BCUT2D eigenvalue weighted by molar-refractivity contribution is 14.1. The van der Waals surface area contributed by atoms with Crippen molar-refractivity contribution in [1.82, 2.24) is 10.4 Å². The summed E-state index contributed by atoms with van der Waals surface area (Å²) in [5, 5.41) is 23.1. The quantitative estimate of drug-likeness (QED) is 0.167. The van der Waals surface area contributed by atoms with Crippen molar-refractivity contribution in [2.24, 2.45) is 0 Å². The summed E-state index contributed by atoms with van der Waals surface area (Å²) >= 11 is 15.5. The molecule has 12 heteroatoms. The number of halogens is 2. The van der Waals surface area contributed by atoms with Gasteiger partial charge in [-0.3, -0.25) is 15.0 Å². The first kappa shape index (κ1) is 23.2. The van der Waals surface area contributed by atoms with Crippen molar-refractivity contribution in [3.63, 3.8) is 0 Å². The van der Waals surface area contributed by atoms with Crippen LogP contribution in [0, 0.1) is 7.14 Å². The van der Waals surface area contributed by atoms with Gasteiger partial charge in [0.15, 0.2) is 9.31 Å². The molecule has 0 aliphatic carbocycles. The number of hydrogen-bond acceptors (Lipinski definition) is 7. The van der Waals surface area contributed by atoms with E-state index in [0.29, 0.717) is 14.8 Å². The molecule has 3 rings (SSSR count). The van der Waals surface area contributed by atoms with Gasteiger partial charge in [-0.2, -0.15) is 5.01 Å². The lowest BCUT2D eigenvalue weighted by molar-refractivity contribution is -0.123. The lowest BCUT2D eigenvalue weighted by Crippen LogP contribution is -2.48. The molecule has 0 saturated carbocycles. The van der Waals surface area contributed by atoms with Gasteiger partial charge in [0.1, 0.15) is 11.5 Å². The molecule has 0 atom stereocenters. The predicted octanol–water partition coefficient (Wildman–Crippen LogP) is 3.98. The zero-order valence-electron chi connectivity index (χ0n) is 14.7. The third-order valence-electron chi connectivity index (χ3n) is 3.68. The molecular formula is C18H11I2N3O4S3. The largest absolute Gasteiger partial charge is 0.508 e. The fourth-order valence-corrected chi connectivity index (χ4v) is 5.49. The van der Waals surface area contributed by atoms with Gasteiger partial charge in [-0.25, -0.2) is 0 Å². The molecule has 0 radical (unpaired) electrons. The Morgan fingerprint density at radius 1 is 1.17 bits per heavy atom. The van der Waals surface area contributed by atoms with Crippen LogP contribution in [0.2, 0.25) is 0 Å². The van der Waals surface area contributed by atoms with Crippen LogP contribution in [0.15, 0.2) is 41.3 Å². The number of phenolic OH excluding ortho intramolecular Hbond substituents is 2. The third kappa shape index (κ3) is 5.40. The van der Waals surface area contributed by atoms with Crippen molar-refractivity contribution in [2.75, 3.05) is 5.32 Å². The lowest BCUT2D eigenvalue weighted by atomic mass is 10.2. The number of carbonyl (C=O) groups is 2. The van der Waals surface area contributed by atoms with E-state index in [1.54, 1.807) is 12.1 Å². The summed E-state index contributed by atoms with van der Waals surface area (Å²) in [6.07, 6.45) is 1.54. The molecule has 1 heterocycles. The Kier molecular flexibility index (Phi) is 7.54. The highest BCUT2D eigenvalue weighted by Gasteiger charge is 2.34. The molecule has 0 unspecified atom stereocenters. The highest BCUT2D eigenvalue weighted by atomic mass is 127. The van der Waals surface area contributed by atoms with Crippen molar-refractivity contribution in [3.8, 4) is 11.5 Å². The minimum atomic E-state index is -0.640. The van der Waals surface area contributed by atoms with Crippen LogP contribution in [0.1, 0.15) is 5.56 Å². The number of thioether (sulfide) groups is 1. The summed E-state index contributed by atoms with van der Waals surface area (Å²) < 4.78 is 1.74. The number of nitrogens with one attached hydrogen (secondary N) is 2. The van der Waals surface area contributed by atoms with E-state index in [2.05, 4.69) is 33.3 Å². The Morgan fingerprint density at radius 2 is 1.83 bits per heavy atom. The van der Waals surface area contributed by atoms with Gasteiger partial charge in [-0.1, -0.05) is 24.0 Å². The van der Waals surface area contributed by atoms with E-state index >= 15 is 0 Å². The smallest absolute Gasteiger partial charge is 0.285 e. The zero-order valence-corrected chi connectivity index (χ0v) is 21.4. The van der Waals surface area contributed by atoms with Crippen LogP contribution >= 0.6 is 81.4 Å². The number of phenols is 2. The Morgan fingerprint density at radius 3 is 2.50 bits per heavy atom. The molecular weight excluding hydrogens is 672 g/mol. The van der Waals surface area contributed by atoms with Crippen LogP contribution in [0.3, 0.4) is 0 Å². The van der Waals surface area contributed by atoms with E-state index in [0.717, 1.165) is 20.3 Å². The summed E-state index contributed by atoms with van der Waals surface area (Å²) in [5.74, 6) is -0.999. The zero-order chi connectivity index (χ0) is 22.0. The van der Waals surface area contributed by atoms with E-state index in [4.69, 9.17) is 24.4 Å². The standard InChI is InChI=1S/C18H11I2N3O4S3/c19-9-5-8(14(25)12(20)7-9)6-13-17(27)23(18(29)30-13)22-16(28)15(26)21-10-1-3-11(24)4-2-10/h1-7,24-25H,(H,21,26)(H,22,28)/b13-6+. The molecule has 1 aliphatic rings. The van der Waals surface area contributed by atoms with Gasteiger partial charge >= 0.3 is 0 Å². The number of carbonyl (C=O) groups excluding carboxylic acids is 2. The van der Waals surface area contributed by atoms with Crippen molar-refractivity contribution in [3.05, 3.63) is 54.0 Å². The summed E-state index contributed by atoms with van der Waals surface area (Å²) in [7, 11) is 0. The monoisotopic (exact) mass is 683 g/mol. The Labute approximate surface area is 213 Å². The van der Waals surface area contributed by atoms with Crippen molar-refractivity contribution >= 4 is 114 Å². The van der Waals surface area contributed by atoms with Gasteiger partial charge in [-0.15, -0.1) is 0 Å². The topological polar surface area (TPSA) is 102 Å². The van der Waals surface area contributed by atoms with E-state index in [1.807, 2.05) is 28.7 Å². The molecule has 0 spiro atoms. The number of hydrazine groups is 1. The fraction of sp³-hybridized carbons (Fsp3) is 0. The Bertz CT molecular complexity index is 1110. The summed E-state index contributed by atoms with van der Waals surface area (Å²) in [5.41, 5.74) is 3.46. The van der Waals surface area contributed by atoms with Gasteiger partial charge in [-0.05, 0) is 99.9 Å². The van der Waals surface area contributed by atoms with Gasteiger partial charge in [0, 0.05) is 14.8 Å². The number of aromatic hydroxyl groups is 2. The van der Waals surface area contributed by atoms with Gasteiger partial charge in [0.05, 0.1) is 8.48 Å². The number of thiocarbonyl (C=S) groups is 2. The molecule has 0 aromatic heterocycles. The summed E-state index contributed by atoms with van der Waals surface area (Å²) in [4.78, 5) is 25.0. The minimum Gasteiger partial charge on any atom is -0.508 e. The molecule has 2 aromatic rings. The van der Waals surface area contributed by atoms with Gasteiger partial charge < -0.3 is 15.5 Å². The van der Waals surface area contributed by atoms with Crippen LogP contribution in [-0.2, 0) is 9.59 Å². The fourth-order valence-electron chi connectivity index (χ4n) is 2.29. The minimum absolute atomic E-state index is 0.0619. The predicted molar refractivity (Wildman–Crippen MR) is 141 cm³/mol. The first-order valence-corrected chi connectivity index (χ1v) is 11.8. The number of rotatable bonds is 3. The normalized spacial score (nSPS) is 14.9. The molecule has 0 bridgehead atoms. The van der Waals surface area contributed by atoms with Crippen LogP contribution < -0.4 is 10.7 Å². The molecule has 1 fully saturated rings. The van der Waals surface area contributed by atoms with Crippen molar-refractivity contribution < 1.29 is 19.8 Å². The molecule has 2 amide bonds. The Hall–Kier alpha value is -1.49. The maximum Gasteiger partial charge on any atom is 0.285 e. The summed E-state index contributed by atoms with van der Waals surface area (Å²) in [6.45, 7) is 0. The average Bonchev–Trinajstić information content (AvgIpc) is 2.94. The maximum absolute atomic E-state index is 12.7. The van der Waals surface area contributed by atoms with E-state index in [9.17, 15) is 19.8 Å². The van der Waals surface area contributed by atoms with Crippen LogP contribution in [0.4, 0.5) is 5.69 Å². The molecule has 30 heavy (non-hydrogen) atoms. The average molecular weight is 683 g/mol. The number of amides is 2. The molecule has 154 valence electrons. The molecule has 1 saturated heterocycles.